The molecule has 1 aromatic heterocycles. The van der Waals surface area contributed by atoms with Crippen LogP contribution in [0.15, 0.2) is 79.1 Å². The molecule has 1 atom stereocenters. The molecule has 0 aliphatic heterocycles. The van der Waals surface area contributed by atoms with Crippen molar-refractivity contribution in [2.75, 3.05) is 0 Å². The van der Waals surface area contributed by atoms with Gasteiger partial charge >= 0.3 is 0 Å². The zero-order chi connectivity index (χ0) is 18.4. The third-order valence-electron chi connectivity index (χ3n) is 4.08. The molecular formula is C22H19FN2O. The van der Waals surface area contributed by atoms with E-state index in [2.05, 4.69) is 10.3 Å². The molecule has 0 aliphatic rings. The van der Waals surface area contributed by atoms with Crippen molar-refractivity contribution < 1.29 is 9.18 Å². The van der Waals surface area contributed by atoms with Gasteiger partial charge in [-0.3, -0.25) is 9.78 Å². The topological polar surface area (TPSA) is 42.0 Å². The fourth-order valence-corrected chi connectivity index (χ4v) is 2.65. The Hall–Kier alpha value is -3.27. The number of carbonyl (C=O) groups excluding carboxylic acids is 1. The maximum atomic E-state index is 13.6. The van der Waals surface area contributed by atoms with E-state index in [1.807, 2.05) is 43.3 Å². The minimum atomic E-state index is -0.352. The standard InChI is InChI=1S/C22H19FN2O/c1-16(25-22(26)10-9-18-5-2-3-8-21(18)23)19-6-4-7-20(15-19)17-11-13-24-14-12-17/h2-16H,1H3,(H,25,26)/t16-/m0/s1. The van der Waals surface area contributed by atoms with Gasteiger partial charge < -0.3 is 5.32 Å². The summed E-state index contributed by atoms with van der Waals surface area (Å²) in [4.78, 5) is 16.2. The highest BCUT2D eigenvalue weighted by Gasteiger charge is 2.09. The molecule has 1 heterocycles. The van der Waals surface area contributed by atoms with Crippen LogP contribution in [0.2, 0.25) is 0 Å². The van der Waals surface area contributed by atoms with Crippen molar-refractivity contribution >= 4 is 12.0 Å². The summed E-state index contributed by atoms with van der Waals surface area (Å²) in [6.45, 7) is 1.92. The number of halogens is 1. The number of nitrogens with one attached hydrogen (secondary N) is 1. The van der Waals surface area contributed by atoms with Crippen molar-refractivity contribution in [3.05, 3.63) is 96.1 Å². The zero-order valence-corrected chi connectivity index (χ0v) is 14.4. The van der Waals surface area contributed by atoms with Crippen molar-refractivity contribution in [2.24, 2.45) is 0 Å². The molecule has 130 valence electrons. The maximum absolute atomic E-state index is 13.6. The van der Waals surface area contributed by atoms with Crippen LogP contribution in [0.5, 0.6) is 0 Å². The second-order valence-corrected chi connectivity index (χ2v) is 5.95. The molecule has 0 saturated carbocycles. The number of nitrogens with zero attached hydrogens (tertiary/aromatic N) is 1. The molecule has 1 amide bonds. The lowest BCUT2D eigenvalue weighted by Crippen LogP contribution is -2.24. The fourth-order valence-electron chi connectivity index (χ4n) is 2.65. The van der Waals surface area contributed by atoms with Gasteiger partial charge in [0.2, 0.25) is 5.91 Å². The monoisotopic (exact) mass is 346 g/mol. The summed E-state index contributed by atoms with van der Waals surface area (Å²) in [5.41, 5.74) is 3.51. The Morgan fingerprint density at radius 2 is 1.81 bits per heavy atom. The average molecular weight is 346 g/mol. The largest absolute Gasteiger partial charge is 0.346 e. The molecule has 2 aromatic carbocycles. The van der Waals surface area contributed by atoms with Crippen LogP contribution >= 0.6 is 0 Å². The Labute approximate surface area is 152 Å². The summed E-state index contributed by atoms with van der Waals surface area (Å²) in [6, 6.07) is 18.0. The Kier molecular flexibility index (Phi) is 5.54. The van der Waals surface area contributed by atoms with Gasteiger partial charge in [0.05, 0.1) is 6.04 Å². The van der Waals surface area contributed by atoms with Crippen LogP contribution in [0.4, 0.5) is 4.39 Å². The minimum Gasteiger partial charge on any atom is -0.346 e. The minimum absolute atomic E-state index is 0.172. The second-order valence-electron chi connectivity index (χ2n) is 5.95. The number of aromatic nitrogens is 1. The lowest BCUT2D eigenvalue weighted by atomic mass is 10.0. The lowest BCUT2D eigenvalue weighted by Gasteiger charge is -2.14. The number of rotatable bonds is 5. The number of benzene rings is 2. The smallest absolute Gasteiger partial charge is 0.244 e. The molecule has 0 bridgehead atoms. The van der Waals surface area contributed by atoms with Gasteiger partial charge in [0, 0.05) is 24.0 Å². The van der Waals surface area contributed by atoms with Crippen molar-refractivity contribution in [2.45, 2.75) is 13.0 Å². The van der Waals surface area contributed by atoms with Crippen molar-refractivity contribution in [3.63, 3.8) is 0 Å². The molecule has 1 N–H and O–H groups in total. The molecule has 0 spiro atoms. The first-order valence-corrected chi connectivity index (χ1v) is 8.37. The highest BCUT2D eigenvalue weighted by Crippen LogP contribution is 2.22. The molecule has 0 unspecified atom stereocenters. The number of amides is 1. The highest BCUT2D eigenvalue weighted by molar-refractivity contribution is 5.92. The summed E-state index contributed by atoms with van der Waals surface area (Å²) in [5.74, 6) is -0.621. The molecule has 26 heavy (non-hydrogen) atoms. The average Bonchev–Trinajstić information content (AvgIpc) is 2.68. The van der Waals surface area contributed by atoms with Crippen LogP contribution in [0.1, 0.15) is 24.1 Å². The van der Waals surface area contributed by atoms with Crippen LogP contribution in [0.25, 0.3) is 17.2 Å². The summed E-state index contributed by atoms with van der Waals surface area (Å²) in [7, 11) is 0. The predicted octanol–water partition coefficient (Wildman–Crippen LogP) is 4.78. The highest BCUT2D eigenvalue weighted by atomic mass is 19.1. The van der Waals surface area contributed by atoms with Gasteiger partial charge in [0.15, 0.2) is 0 Å². The van der Waals surface area contributed by atoms with E-state index in [0.29, 0.717) is 5.56 Å². The number of carbonyl (C=O) groups is 1. The molecule has 3 nitrogen and oxygen atoms in total. The number of hydrogen-bond donors (Lipinski definition) is 1. The summed E-state index contributed by atoms with van der Waals surface area (Å²) in [6.07, 6.45) is 6.33. The molecule has 4 heteroatoms. The molecule has 0 aliphatic carbocycles. The van der Waals surface area contributed by atoms with Gasteiger partial charge in [-0.25, -0.2) is 4.39 Å². The first-order chi connectivity index (χ1) is 12.6. The molecule has 3 rings (SSSR count). The van der Waals surface area contributed by atoms with Gasteiger partial charge in [-0.15, -0.1) is 0 Å². The Morgan fingerprint density at radius 1 is 1.04 bits per heavy atom. The zero-order valence-electron chi connectivity index (χ0n) is 14.4. The van der Waals surface area contributed by atoms with Crippen LogP contribution in [0, 0.1) is 5.82 Å². The molecular weight excluding hydrogens is 327 g/mol. The first kappa shape index (κ1) is 17.5. The van der Waals surface area contributed by atoms with E-state index < -0.39 is 0 Å². The number of pyridine rings is 1. The normalized spacial score (nSPS) is 12.1. The molecule has 0 radical (unpaired) electrons. The Morgan fingerprint density at radius 3 is 2.58 bits per heavy atom. The van der Waals surface area contributed by atoms with E-state index in [9.17, 15) is 9.18 Å². The van der Waals surface area contributed by atoms with E-state index in [4.69, 9.17) is 0 Å². The lowest BCUT2D eigenvalue weighted by molar-refractivity contribution is -0.117. The summed E-state index contributed by atoms with van der Waals surface area (Å²) in [5, 5.41) is 2.90. The third-order valence-corrected chi connectivity index (χ3v) is 4.08. The van der Waals surface area contributed by atoms with Crippen LogP contribution in [0.3, 0.4) is 0 Å². The van der Waals surface area contributed by atoms with E-state index in [-0.39, 0.29) is 17.8 Å². The van der Waals surface area contributed by atoms with E-state index in [0.717, 1.165) is 16.7 Å². The summed E-state index contributed by atoms with van der Waals surface area (Å²) >= 11 is 0. The van der Waals surface area contributed by atoms with Crippen molar-refractivity contribution in [1.29, 1.82) is 0 Å². The van der Waals surface area contributed by atoms with Gasteiger partial charge in [0.25, 0.3) is 0 Å². The van der Waals surface area contributed by atoms with Crippen LogP contribution in [-0.4, -0.2) is 10.9 Å². The Balaban J connectivity index is 1.69. The van der Waals surface area contributed by atoms with Crippen LogP contribution in [-0.2, 0) is 4.79 Å². The van der Waals surface area contributed by atoms with Gasteiger partial charge in [0.1, 0.15) is 5.82 Å². The van der Waals surface area contributed by atoms with Crippen molar-refractivity contribution in [3.8, 4) is 11.1 Å². The fraction of sp³-hybridized carbons (Fsp3) is 0.0909. The van der Waals surface area contributed by atoms with Gasteiger partial charge in [-0.1, -0.05) is 36.4 Å². The summed E-state index contributed by atoms with van der Waals surface area (Å²) < 4.78 is 13.6. The van der Waals surface area contributed by atoms with Gasteiger partial charge in [-0.2, -0.15) is 0 Å². The van der Waals surface area contributed by atoms with E-state index in [1.165, 1.54) is 18.2 Å². The maximum Gasteiger partial charge on any atom is 0.244 e. The third kappa shape index (κ3) is 4.42. The van der Waals surface area contributed by atoms with Gasteiger partial charge in [-0.05, 0) is 54.0 Å². The SMILES string of the molecule is C[C@H](NC(=O)C=Cc1ccccc1F)c1cccc(-c2ccncc2)c1. The van der Waals surface area contributed by atoms with E-state index in [1.54, 1.807) is 30.6 Å². The van der Waals surface area contributed by atoms with E-state index >= 15 is 0 Å². The molecule has 0 fully saturated rings. The number of hydrogen-bond acceptors (Lipinski definition) is 2. The molecule has 3 aromatic rings. The quantitative estimate of drug-likeness (QED) is 0.676. The van der Waals surface area contributed by atoms with Crippen molar-refractivity contribution in [1.82, 2.24) is 10.3 Å². The first-order valence-electron chi connectivity index (χ1n) is 8.37. The van der Waals surface area contributed by atoms with Crippen LogP contribution < -0.4 is 5.32 Å². The second kappa shape index (κ2) is 8.21. The molecule has 0 saturated heterocycles. The predicted molar refractivity (Wildman–Crippen MR) is 102 cm³/mol. The Bertz CT molecular complexity index is 922.